The van der Waals surface area contributed by atoms with Crippen LogP contribution in [-0.2, 0) is 6.42 Å². The number of ether oxygens (including phenoxy) is 1. The fourth-order valence-corrected chi connectivity index (χ4v) is 1.86. The van der Waals surface area contributed by atoms with Gasteiger partial charge in [0.1, 0.15) is 11.3 Å². The minimum atomic E-state index is -1.20. The molecule has 0 aliphatic rings. The third-order valence-electron chi connectivity index (χ3n) is 2.71. The van der Waals surface area contributed by atoms with Crippen LogP contribution in [0.15, 0.2) is 25.0 Å². The third kappa shape index (κ3) is 3.34. The van der Waals surface area contributed by atoms with Crippen LogP contribution >= 0.6 is 0 Å². The number of unbranched alkanes of at least 4 members (excludes halogenated alkanes) is 1. The summed E-state index contributed by atoms with van der Waals surface area (Å²) in [6, 6.07) is 2.70. The molecule has 0 aromatic heterocycles. The fraction of sp³-hybridized carbons (Fsp3) is 0.286. The topological polar surface area (TPSA) is 83.8 Å². The summed E-state index contributed by atoms with van der Waals surface area (Å²) in [5.74, 6) is -2.23. The Morgan fingerprint density at radius 1 is 1.32 bits per heavy atom. The van der Waals surface area contributed by atoms with E-state index in [4.69, 9.17) is 9.84 Å². The molecule has 19 heavy (non-hydrogen) atoms. The van der Waals surface area contributed by atoms with Crippen molar-refractivity contribution in [1.82, 2.24) is 0 Å². The van der Waals surface area contributed by atoms with E-state index in [1.807, 2.05) is 6.92 Å². The van der Waals surface area contributed by atoms with Gasteiger partial charge in [-0.1, -0.05) is 19.9 Å². The zero-order valence-electron chi connectivity index (χ0n) is 10.7. The van der Waals surface area contributed by atoms with Gasteiger partial charge in [-0.05, 0) is 30.5 Å². The summed E-state index contributed by atoms with van der Waals surface area (Å²) in [4.78, 5) is 22.5. The highest BCUT2D eigenvalue weighted by molar-refractivity contribution is 5.98. The van der Waals surface area contributed by atoms with Gasteiger partial charge in [0, 0.05) is 0 Å². The minimum Gasteiger partial charge on any atom is -0.478 e. The molecule has 0 radical (unpaired) electrons. The normalized spacial score (nSPS) is 9.95. The second-order valence-electron chi connectivity index (χ2n) is 3.96. The SMILES string of the molecule is C=COc1ccc(C(=O)O)c(CCCC)c1C(=O)O. The molecule has 0 heterocycles. The van der Waals surface area contributed by atoms with Crippen LogP contribution in [0.4, 0.5) is 0 Å². The predicted octanol–water partition coefficient (Wildman–Crippen LogP) is 2.95. The van der Waals surface area contributed by atoms with E-state index in [0.717, 1.165) is 12.7 Å². The molecule has 5 nitrogen and oxygen atoms in total. The van der Waals surface area contributed by atoms with E-state index in [1.54, 1.807) is 0 Å². The second-order valence-corrected chi connectivity index (χ2v) is 3.96. The highest BCUT2D eigenvalue weighted by Crippen LogP contribution is 2.28. The molecule has 0 amide bonds. The quantitative estimate of drug-likeness (QED) is 0.740. The predicted molar refractivity (Wildman–Crippen MR) is 69.8 cm³/mol. The lowest BCUT2D eigenvalue weighted by molar-refractivity contribution is 0.0692. The Morgan fingerprint density at radius 3 is 2.47 bits per heavy atom. The van der Waals surface area contributed by atoms with Crippen molar-refractivity contribution in [2.75, 3.05) is 0 Å². The second kappa shape index (κ2) is 6.58. The van der Waals surface area contributed by atoms with Crippen LogP contribution in [0.5, 0.6) is 5.75 Å². The first-order valence-corrected chi connectivity index (χ1v) is 5.92. The van der Waals surface area contributed by atoms with E-state index >= 15 is 0 Å². The van der Waals surface area contributed by atoms with Gasteiger partial charge in [-0.25, -0.2) is 9.59 Å². The Bertz CT molecular complexity index is 505. The molecule has 0 saturated carbocycles. The Balaban J connectivity index is 3.46. The Kier molecular flexibility index (Phi) is 5.11. The van der Waals surface area contributed by atoms with Crippen LogP contribution in [0, 0.1) is 0 Å². The van der Waals surface area contributed by atoms with Gasteiger partial charge in [0.15, 0.2) is 0 Å². The molecule has 1 aromatic rings. The van der Waals surface area contributed by atoms with Gasteiger partial charge in [0.25, 0.3) is 0 Å². The van der Waals surface area contributed by atoms with Crippen molar-refractivity contribution in [2.24, 2.45) is 0 Å². The van der Waals surface area contributed by atoms with Gasteiger partial charge < -0.3 is 14.9 Å². The molecule has 5 heteroatoms. The van der Waals surface area contributed by atoms with Crippen LogP contribution in [0.2, 0.25) is 0 Å². The zero-order chi connectivity index (χ0) is 14.4. The summed E-state index contributed by atoms with van der Waals surface area (Å²) < 4.78 is 5.04. The van der Waals surface area contributed by atoms with E-state index in [9.17, 15) is 14.7 Å². The molecule has 102 valence electrons. The average Bonchev–Trinajstić information content (AvgIpc) is 2.35. The molecular weight excluding hydrogens is 248 g/mol. The van der Waals surface area contributed by atoms with Crippen molar-refractivity contribution in [3.8, 4) is 5.75 Å². The van der Waals surface area contributed by atoms with Crippen molar-refractivity contribution in [2.45, 2.75) is 26.2 Å². The molecule has 0 aliphatic carbocycles. The largest absolute Gasteiger partial charge is 0.478 e. The number of benzene rings is 1. The number of hydrogen-bond donors (Lipinski definition) is 2. The minimum absolute atomic E-state index is 0.00209. The molecule has 0 unspecified atom stereocenters. The monoisotopic (exact) mass is 264 g/mol. The van der Waals surface area contributed by atoms with Gasteiger partial charge in [0.05, 0.1) is 11.8 Å². The fourth-order valence-electron chi connectivity index (χ4n) is 1.86. The van der Waals surface area contributed by atoms with Gasteiger partial charge >= 0.3 is 11.9 Å². The number of hydrogen-bond acceptors (Lipinski definition) is 3. The highest BCUT2D eigenvalue weighted by Gasteiger charge is 2.22. The highest BCUT2D eigenvalue weighted by atomic mass is 16.5. The molecule has 0 bridgehead atoms. The maximum atomic E-state index is 11.3. The van der Waals surface area contributed by atoms with E-state index in [1.165, 1.54) is 12.1 Å². The van der Waals surface area contributed by atoms with E-state index < -0.39 is 11.9 Å². The molecular formula is C14H16O5. The van der Waals surface area contributed by atoms with Gasteiger partial charge in [-0.2, -0.15) is 0 Å². The smallest absolute Gasteiger partial charge is 0.339 e. The molecule has 2 N–H and O–H groups in total. The third-order valence-corrected chi connectivity index (χ3v) is 2.71. The van der Waals surface area contributed by atoms with Crippen molar-refractivity contribution >= 4 is 11.9 Å². The van der Waals surface area contributed by atoms with E-state index in [-0.39, 0.29) is 16.9 Å². The summed E-state index contributed by atoms with van der Waals surface area (Å²) >= 11 is 0. The van der Waals surface area contributed by atoms with Crippen molar-refractivity contribution in [3.63, 3.8) is 0 Å². The maximum absolute atomic E-state index is 11.3. The molecule has 1 rings (SSSR count). The molecule has 0 fully saturated rings. The van der Waals surface area contributed by atoms with Gasteiger partial charge in [-0.15, -0.1) is 0 Å². The lowest BCUT2D eigenvalue weighted by atomic mass is 9.95. The van der Waals surface area contributed by atoms with Crippen LogP contribution in [0.1, 0.15) is 46.0 Å². The molecule has 0 atom stereocenters. The summed E-state index contributed by atoms with van der Waals surface area (Å²) in [5.41, 5.74) is 0.191. The van der Waals surface area contributed by atoms with Crippen LogP contribution in [0.25, 0.3) is 0 Å². The standard InChI is InChI=1S/C14H16O5/c1-3-5-6-9-10(13(15)16)7-8-11(19-4-2)12(9)14(17)18/h4,7-8H,2-3,5-6H2,1H3,(H,15,16)(H,17,18). The first-order valence-electron chi connectivity index (χ1n) is 5.92. The molecule has 0 spiro atoms. The number of carbonyl (C=O) groups is 2. The van der Waals surface area contributed by atoms with Crippen LogP contribution in [-0.4, -0.2) is 22.2 Å². The van der Waals surface area contributed by atoms with Crippen molar-refractivity contribution in [1.29, 1.82) is 0 Å². The Hall–Kier alpha value is -2.30. The van der Waals surface area contributed by atoms with Crippen molar-refractivity contribution in [3.05, 3.63) is 41.7 Å². The summed E-state index contributed by atoms with van der Waals surface area (Å²) in [7, 11) is 0. The molecule has 0 saturated heterocycles. The van der Waals surface area contributed by atoms with Crippen LogP contribution < -0.4 is 4.74 Å². The number of aromatic carboxylic acids is 2. The zero-order valence-corrected chi connectivity index (χ0v) is 10.7. The summed E-state index contributed by atoms with van der Waals surface area (Å²) in [5, 5.41) is 18.4. The first-order chi connectivity index (χ1) is 9.02. The number of carboxylic acids is 2. The summed E-state index contributed by atoms with van der Waals surface area (Å²) in [6.45, 7) is 5.32. The summed E-state index contributed by atoms with van der Waals surface area (Å²) in [6.07, 6.45) is 3.04. The van der Waals surface area contributed by atoms with Gasteiger partial charge in [-0.3, -0.25) is 0 Å². The lowest BCUT2D eigenvalue weighted by Gasteiger charge is -2.13. The average molecular weight is 264 g/mol. The number of carboxylic acid groups (broad SMARTS) is 2. The lowest BCUT2D eigenvalue weighted by Crippen LogP contribution is -2.11. The van der Waals surface area contributed by atoms with Crippen molar-refractivity contribution < 1.29 is 24.5 Å². The molecule has 1 aromatic carbocycles. The van der Waals surface area contributed by atoms with Crippen LogP contribution in [0.3, 0.4) is 0 Å². The first kappa shape index (κ1) is 14.8. The number of rotatable bonds is 7. The molecule has 0 aliphatic heterocycles. The van der Waals surface area contributed by atoms with E-state index in [0.29, 0.717) is 18.4 Å². The Labute approximate surface area is 111 Å². The van der Waals surface area contributed by atoms with Gasteiger partial charge in [0.2, 0.25) is 0 Å². The Morgan fingerprint density at radius 2 is 2.00 bits per heavy atom. The maximum Gasteiger partial charge on any atom is 0.339 e. The van der Waals surface area contributed by atoms with E-state index in [2.05, 4.69) is 6.58 Å².